The Morgan fingerprint density at radius 2 is 2.14 bits per heavy atom. The van der Waals surface area contributed by atoms with Crippen molar-refractivity contribution in [2.24, 2.45) is 0 Å². The predicted molar refractivity (Wildman–Crippen MR) is 55.4 cm³/mol. The van der Waals surface area contributed by atoms with Gasteiger partial charge in [0, 0.05) is 6.61 Å². The maximum Gasteiger partial charge on any atom is 0.137 e. The smallest absolute Gasteiger partial charge is 0.137 e. The fraction of sp³-hybridized carbons (Fsp3) is 0.400. The largest absolute Gasteiger partial charge is 0.396 e. The number of aliphatic hydroxyl groups is 2. The average Bonchev–Trinajstić information content (AvgIpc) is 2.18. The van der Waals surface area contributed by atoms with Crippen LogP contribution in [-0.4, -0.2) is 16.8 Å². The molecule has 4 heteroatoms. The number of halogens is 2. The lowest BCUT2D eigenvalue weighted by molar-refractivity contribution is 0.151. The van der Waals surface area contributed by atoms with Gasteiger partial charge in [-0.2, -0.15) is 0 Å². The van der Waals surface area contributed by atoms with Crippen LogP contribution in [-0.2, 0) is 0 Å². The molecule has 0 amide bonds. The molecule has 1 aromatic carbocycles. The number of hydrogen-bond acceptors (Lipinski definition) is 2. The highest BCUT2D eigenvalue weighted by Crippen LogP contribution is 2.23. The molecule has 2 N–H and O–H groups in total. The van der Waals surface area contributed by atoms with E-state index in [4.69, 9.17) is 5.11 Å². The molecule has 0 saturated heterocycles. The number of benzene rings is 1. The first-order chi connectivity index (χ1) is 6.65. The fourth-order valence-electron chi connectivity index (χ4n) is 1.17. The zero-order valence-electron chi connectivity index (χ0n) is 7.58. The van der Waals surface area contributed by atoms with Gasteiger partial charge in [0.15, 0.2) is 0 Å². The Morgan fingerprint density at radius 1 is 1.43 bits per heavy atom. The summed E-state index contributed by atoms with van der Waals surface area (Å²) in [6.45, 7) is 0.0378. The van der Waals surface area contributed by atoms with Crippen molar-refractivity contribution < 1.29 is 14.6 Å². The first kappa shape index (κ1) is 11.6. The van der Waals surface area contributed by atoms with Gasteiger partial charge >= 0.3 is 0 Å². The normalized spacial score (nSPS) is 12.9. The molecule has 1 aromatic rings. The van der Waals surface area contributed by atoms with Crippen molar-refractivity contribution in [3.8, 4) is 0 Å². The van der Waals surface area contributed by atoms with Gasteiger partial charge in [-0.3, -0.25) is 0 Å². The van der Waals surface area contributed by atoms with Gasteiger partial charge < -0.3 is 10.2 Å². The first-order valence-corrected chi connectivity index (χ1v) is 5.18. The molecule has 0 saturated carbocycles. The van der Waals surface area contributed by atoms with Crippen LogP contribution in [0, 0.1) is 5.82 Å². The Kier molecular flexibility index (Phi) is 4.51. The van der Waals surface area contributed by atoms with E-state index in [1.807, 2.05) is 0 Å². The van der Waals surface area contributed by atoms with Crippen molar-refractivity contribution in [3.05, 3.63) is 34.1 Å². The molecule has 14 heavy (non-hydrogen) atoms. The molecule has 0 fully saturated rings. The highest BCUT2D eigenvalue weighted by molar-refractivity contribution is 9.10. The van der Waals surface area contributed by atoms with Gasteiger partial charge in [0.25, 0.3) is 0 Å². The summed E-state index contributed by atoms with van der Waals surface area (Å²) in [6.07, 6.45) is 0.251. The maximum absolute atomic E-state index is 13.1. The molecule has 0 spiro atoms. The number of hydrogen-bond donors (Lipinski definition) is 2. The molecule has 0 aliphatic carbocycles. The van der Waals surface area contributed by atoms with Crippen molar-refractivity contribution in [1.82, 2.24) is 0 Å². The molecular formula is C10H12BrFO2. The van der Waals surface area contributed by atoms with Crippen LogP contribution in [0.5, 0.6) is 0 Å². The van der Waals surface area contributed by atoms with Crippen LogP contribution in [0.1, 0.15) is 24.5 Å². The Labute approximate surface area is 90.5 Å². The van der Waals surface area contributed by atoms with Gasteiger partial charge in [-0.15, -0.1) is 0 Å². The standard InChI is InChI=1S/C10H12BrFO2/c11-8-4-3-7(6-9(8)12)10(14)2-1-5-13/h3-4,6,10,13-14H,1-2,5H2. The predicted octanol–water partition coefficient (Wildman–Crippen LogP) is 2.39. The SMILES string of the molecule is OCCCC(O)c1ccc(Br)c(F)c1. The Balaban J connectivity index is 2.70. The van der Waals surface area contributed by atoms with Crippen LogP contribution < -0.4 is 0 Å². The molecule has 0 bridgehead atoms. The molecule has 0 heterocycles. The minimum absolute atomic E-state index is 0.0378. The van der Waals surface area contributed by atoms with Gasteiger partial charge in [-0.25, -0.2) is 4.39 Å². The van der Waals surface area contributed by atoms with Crippen LogP contribution in [0.3, 0.4) is 0 Å². The summed E-state index contributed by atoms with van der Waals surface area (Å²) in [5, 5.41) is 18.1. The van der Waals surface area contributed by atoms with Crippen LogP contribution in [0.4, 0.5) is 4.39 Å². The minimum Gasteiger partial charge on any atom is -0.396 e. The average molecular weight is 263 g/mol. The van der Waals surface area contributed by atoms with Crippen molar-refractivity contribution in [2.75, 3.05) is 6.61 Å². The summed E-state index contributed by atoms with van der Waals surface area (Å²) in [5.41, 5.74) is 0.541. The summed E-state index contributed by atoms with van der Waals surface area (Å²) in [7, 11) is 0. The topological polar surface area (TPSA) is 40.5 Å². The van der Waals surface area contributed by atoms with Gasteiger partial charge in [0.1, 0.15) is 5.82 Å². The summed E-state index contributed by atoms with van der Waals surface area (Å²) >= 11 is 3.03. The minimum atomic E-state index is -0.704. The molecule has 2 nitrogen and oxygen atoms in total. The summed E-state index contributed by atoms with van der Waals surface area (Å²) in [6, 6.07) is 4.52. The van der Waals surface area contributed by atoms with Crippen molar-refractivity contribution in [3.63, 3.8) is 0 Å². The zero-order chi connectivity index (χ0) is 10.6. The Morgan fingerprint density at radius 3 is 2.71 bits per heavy atom. The van der Waals surface area contributed by atoms with Crippen molar-refractivity contribution >= 4 is 15.9 Å². The lowest BCUT2D eigenvalue weighted by Gasteiger charge is -2.10. The highest BCUT2D eigenvalue weighted by atomic mass is 79.9. The van der Waals surface area contributed by atoms with Gasteiger partial charge in [-0.05, 0) is 46.5 Å². The van der Waals surface area contributed by atoms with Crippen LogP contribution in [0.2, 0.25) is 0 Å². The zero-order valence-corrected chi connectivity index (χ0v) is 9.17. The summed E-state index contributed by atoms with van der Waals surface area (Å²) < 4.78 is 13.4. The highest BCUT2D eigenvalue weighted by Gasteiger charge is 2.09. The van der Waals surface area contributed by atoms with E-state index >= 15 is 0 Å². The number of aliphatic hydroxyl groups excluding tert-OH is 2. The molecule has 0 aliphatic heterocycles. The van der Waals surface area contributed by atoms with Crippen LogP contribution in [0.15, 0.2) is 22.7 Å². The molecule has 0 radical (unpaired) electrons. The molecular weight excluding hydrogens is 251 g/mol. The van der Waals surface area contributed by atoms with Crippen molar-refractivity contribution in [2.45, 2.75) is 18.9 Å². The number of rotatable bonds is 4. The van der Waals surface area contributed by atoms with Crippen LogP contribution >= 0.6 is 15.9 Å². The van der Waals surface area contributed by atoms with E-state index in [1.165, 1.54) is 6.07 Å². The van der Waals surface area contributed by atoms with E-state index in [2.05, 4.69) is 15.9 Å². The van der Waals surface area contributed by atoms with E-state index < -0.39 is 6.10 Å². The third-order valence-electron chi connectivity index (χ3n) is 1.96. The molecule has 1 unspecified atom stereocenters. The lowest BCUT2D eigenvalue weighted by Crippen LogP contribution is -1.99. The molecule has 0 aromatic heterocycles. The quantitative estimate of drug-likeness (QED) is 0.875. The molecule has 0 aliphatic rings. The van der Waals surface area contributed by atoms with E-state index in [0.29, 0.717) is 22.9 Å². The van der Waals surface area contributed by atoms with E-state index in [9.17, 15) is 9.50 Å². The second-order valence-electron chi connectivity index (χ2n) is 3.06. The Hall–Kier alpha value is -0.450. The third-order valence-corrected chi connectivity index (χ3v) is 2.61. The fourth-order valence-corrected chi connectivity index (χ4v) is 1.42. The summed E-state index contributed by atoms with van der Waals surface area (Å²) in [5.74, 6) is -0.384. The summed E-state index contributed by atoms with van der Waals surface area (Å²) in [4.78, 5) is 0. The van der Waals surface area contributed by atoms with E-state index in [0.717, 1.165) is 0 Å². The second kappa shape index (κ2) is 5.44. The van der Waals surface area contributed by atoms with E-state index in [-0.39, 0.29) is 12.4 Å². The monoisotopic (exact) mass is 262 g/mol. The first-order valence-electron chi connectivity index (χ1n) is 4.39. The van der Waals surface area contributed by atoms with E-state index in [1.54, 1.807) is 12.1 Å². The van der Waals surface area contributed by atoms with Gasteiger partial charge in [0.2, 0.25) is 0 Å². The second-order valence-corrected chi connectivity index (χ2v) is 3.91. The van der Waals surface area contributed by atoms with Crippen molar-refractivity contribution in [1.29, 1.82) is 0 Å². The molecule has 78 valence electrons. The third kappa shape index (κ3) is 3.04. The Bertz CT molecular complexity index is 304. The van der Waals surface area contributed by atoms with Crippen LogP contribution in [0.25, 0.3) is 0 Å². The van der Waals surface area contributed by atoms with Gasteiger partial charge in [0.05, 0.1) is 10.6 Å². The lowest BCUT2D eigenvalue weighted by atomic mass is 10.1. The molecule has 1 rings (SSSR count). The van der Waals surface area contributed by atoms with Gasteiger partial charge in [-0.1, -0.05) is 6.07 Å². The molecule has 1 atom stereocenters. The maximum atomic E-state index is 13.1.